The van der Waals surface area contributed by atoms with Crippen molar-refractivity contribution in [2.24, 2.45) is 5.73 Å². The molecule has 0 amide bonds. The normalized spacial score (nSPS) is 14.9. The van der Waals surface area contributed by atoms with Crippen LogP contribution >= 0.6 is 0 Å². The smallest absolute Gasteiger partial charge is 0.244 e. The monoisotopic (exact) mass is 421 g/mol. The summed E-state index contributed by atoms with van der Waals surface area (Å²) in [5.41, 5.74) is 10.8. The van der Waals surface area contributed by atoms with Crippen LogP contribution in [0.3, 0.4) is 0 Å². The number of aromatic amines is 1. The van der Waals surface area contributed by atoms with Crippen molar-refractivity contribution in [3.8, 4) is 29.0 Å². The Morgan fingerprint density at radius 3 is 2.50 bits per heavy atom. The maximum absolute atomic E-state index is 9.78. The Morgan fingerprint density at radius 2 is 1.78 bits per heavy atom. The van der Waals surface area contributed by atoms with Crippen LogP contribution in [0.15, 0.2) is 90.6 Å². The van der Waals surface area contributed by atoms with E-state index in [0.29, 0.717) is 18.1 Å². The fourth-order valence-corrected chi connectivity index (χ4v) is 3.81. The molecule has 0 saturated heterocycles. The molecule has 0 spiro atoms. The van der Waals surface area contributed by atoms with Gasteiger partial charge in [-0.2, -0.15) is 5.26 Å². The van der Waals surface area contributed by atoms with Gasteiger partial charge in [-0.3, -0.25) is 10.1 Å². The van der Waals surface area contributed by atoms with Gasteiger partial charge < -0.3 is 15.2 Å². The molecule has 5 rings (SSSR count). The molecule has 3 N–H and O–H groups in total. The molecule has 0 fully saturated rings. The number of fused-ring (bicyclic) bond motifs is 1. The largest absolute Gasteiger partial charge is 0.489 e. The second-order valence-corrected chi connectivity index (χ2v) is 7.32. The molecule has 7 nitrogen and oxygen atoms in total. The first-order valence-corrected chi connectivity index (χ1v) is 10.1. The second-order valence-electron chi connectivity index (χ2n) is 7.32. The number of nitrogens with zero attached hydrogens (tertiary/aromatic N) is 3. The third-order valence-corrected chi connectivity index (χ3v) is 5.37. The molecular weight excluding hydrogens is 402 g/mol. The number of allylic oxidation sites excluding steroid dienone is 1. The number of hydrogen-bond donors (Lipinski definition) is 2. The highest BCUT2D eigenvalue weighted by atomic mass is 16.5. The van der Waals surface area contributed by atoms with Gasteiger partial charge in [0.2, 0.25) is 11.8 Å². The number of hydrogen-bond acceptors (Lipinski definition) is 6. The lowest BCUT2D eigenvalue weighted by molar-refractivity contribution is 0.306. The van der Waals surface area contributed by atoms with Gasteiger partial charge in [-0.1, -0.05) is 30.3 Å². The molecule has 0 aliphatic carbocycles. The van der Waals surface area contributed by atoms with Crippen molar-refractivity contribution in [1.82, 2.24) is 15.2 Å². The van der Waals surface area contributed by atoms with Crippen LogP contribution < -0.4 is 15.2 Å². The van der Waals surface area contributed by atoms with Crippen molar-refractivity contribution < 1.29 is 9.47 Å². The van der Waals surface area contributed by atoms with Crippen molar-refractivity contribution in [2.45, 2.75) is 12.5 Å². The topological polar surface area (TPSA) is 110 Å². The number of H-pyrrole nitrogens is 1. The molecule has 7 heteroatoms. The molecule has 1 aliphatic heterocycles. The van der Waals surface area contributed by atoms with Crippen molar-refractivity contribution in [1.29, 1.82) is 5.26 Å². The molecule has 1 atom stereocenters. The van der Waals surface area contributed by atoms with Crippen molar-refractivity contribution in [2.75, 3.05) is 0 Å². The molecule has 2 aromatic carbocycles. The van der Waals surface area contributed by atoms with E-state index in [1.807, 2.05) is 66.7 Å². The van der Waals surface area contributed by atoms with Crippen LogP contribution in [0, 0.1) is 11.3 Å². The summed E-state index contributed by atoms with van der Waals surface area (Å²) >= 11 is 0. The summed E-state index contributed by atoms with van der Waals surface area (Å²) in [5, 5.41) is 17.1. The van der Waals surface area contributed by atoms with Crippen molar-refractivity contribution >= 4 is 0 Å². The Balaban J connectivity index is 1.48. The van der Waals surface area contributed by atoms with E-state index in [0.717, 1.165) is 33.7 Å². The predicted octanol–water partition coefficient (Wildman–Crippen LogP) is 4.27. The van der Waals surface area contributed by atoms with Crippen molar-refractivity contribution in [3.05, 3.63) is 107 Å². The number of pyridine rings is 1. The van der Waals surface area contributed by atoms with E-state index in [1.54, 1.807) is 12.4 Å². The predicted molar refractivity (Wildman–Crippen MR) is 118 cm³/mol. The van der Waals surface area contributed by atoms with E-state index in [1.165, 1.54) is 0 Å². The summed E-state index contributed by atoms with van der Waals surface area (Å²) in [5.74, 6) is 0.775. The molecule has 2 aromatic heterocycles. The van der Waals surface area contributed by atoms with Crippen LogP contribution in [-0.4, -0.2) is 15.2 Å². The van der Waals surface area contributed by atoms with Crippen LogP contribution in [0.5, 0.6) is 11.6 Å². The van der Waals surface area contributed by atoms with Gasteiger partial charge in [0.1, 0.15) is 24.0 Å². The Hall–Kier alpha value is -4.57. The van der Waals surface area contributed by atoms with Gasteiger partial charge in [-0.05, 0) is 47.5 Å². The lowest BCUT2D eigenvalue weighted by Crippen LogP contribution is -2.21. The van der Waals surface area contributed by atoms with E-state index in [2.05, 4.69) is 21.3 Å². The molecule has 156 valence electrons. The fourth-order valence-electron chi connectivity index (χ4n) is 3.81. The number of aromatic nitrogens is 3. The number of ether oxygens (including phenoxy) is 2. The van der Waals surface area contributed by atoms with E-state index in [4.69, 9.17) is 15.2 Å². The quantitative estimate of drug-likeness (QED) is 0.498. The number of nitrogens with one attached hydrogen (secondary N) is 1. The fraction of sp³-hybridized carbons (Fsp3) is 0.0800. The van der Waals surface area contributed by atoms with Gasteiger partial charge in [0.25, 0.3) is 0 Å². The Labute approximate surface area is 184 Å². The lowest BCUT2D eigenvalue weighted by Gasteiger charge is -2.24. The second kappa shape index (κ2) is 8.28. The third kappa shape index (κ3) is 3.55. The average molecular weight is 421 g/mol. The molecule has 0 bridgehead atoms. The summed E-state index contributed by atoms with van der Waals surface area (Å²) in [6.45, 7) is 0.493. The SMILES string of the molecule is N#CC1=C(N)Oc2n[nH]c(-c3ccc(OCc4ccccc4)cc3)c2[C@H]1c1ccncc1. The Kier molecular flexibility index (Phi) is 5.02. The highest BCUT2D eigenvalue weighted by molar-refractivity contribution is 5.71. The first kappa shape index (κ1) is 19.4. The minimum atomic E-state index is -0.408. The minimum Gasteiger partial charge on any atom is -0.489 e. The van der Waals surface area contributed by atoms with Gasteiger partial charge in [0.05, 0.1) is 17.2 Å². The van der Waals surface area contributed by atoms with E-state index >= 15 is 0 Å². The molecule has 0 saturated carbocycles. The zero-order valence-corrected chi connectivity index (χ0v) is 17.0. The maximum Gasteiger partial charge on any atom is 0.244 e. The summed E-state index contributed by atoms with van der Waals surface area (Å²) in [4.78, 5) is 4.08. The van der Waals surface area contributed by atoms with E-state index in [9.17, 15) is 5.26 Å². The van der Waals surface area contributed by atoms with Crippen LogP contribution in [0.25, 0.3) is 11.3 Å². The van der Waals surface area contributed by atoms with Crippen LogP contribution in [0.2, 0.25) is 0 Å². The van der Waals surface area contributed by atoms with Gasteiger partial charge in [0.15, 0.2) is 0 Å². The molecule has 1 aliphatic rings. The molecule has 32 heavy (non-hydrogen) atoms. The molecule has 0 radical (unpaired) electrons. The number of rotatable bonds is 5. The maximum atomic E-state index is 9.78. The highest BCUT2D eigenvalue weighted by Gasteiger charge is 2.35. The van der Waals surface area contributed by atoms with Gasteiger partial charge in [0, 0.05) is 18.0 Å². The minimum absolute atomic E-state index is 0.0597. The summed E-state index contributed by atoms with van der Waals surface area (Å²) < 4.78 is 11.5. The van der Waals surface area contributed by atoms with Crippen LogP contribution in [0.4, 0.5) is 0 Å². The standard InChI is InChI=1S/C25H19N5O2/c26-14-20-21(17-10-12-28-13-11-17)22-23(29-30-25(22)32-24(20)27)18-6-8-19(9-7-18)31-15-16-4-2-1-3-5-16/h1-13,21H,15,27H2,(H,29,30)/t21-/m0/s1. The first-order chi connectivity index (χ1) is 15.7. The number of benzene rings is 2. The molecule has 0 unspecified atom stereocenters. The van der Waals surface area contributed by atoms with Gasteiger partial charge >= 0.3 is 0 Å². The highest BCUT2D eigenvalue weighted by Crippen LogP contribution is 2.45. The summed E-state index contributed by atoms with van der Waals surface area (Å²) in [6, 6.07) is 23.6. The van der Waals surface area contributed by atoms with Crippen LogP contribution in [-0.2, 0) is 6.61 Å². The number of nitriles is 1. The zero-order valence-electron chi connectivity index (χ0n) is 17.0. The average Bonchev–Trinajstić information content (AvgIpc) is 3.26. The van der Waals surface area contributed by atoms with E-state index < -0.39 is 5.92 Å². The third-order valence-electron chi connectivity index (χ3n) is 5.37. The summed E-state index contributed by atoms with van der Waals surface area (Å²) in [7, 11) is 0. The Morgan fingerprint density at radius 1 is 1.03 bits per heavy atom. The molecule has 4 aromatic rings. The first-order valence-electron chi connectivity index (χ1n) is 10.1. The Bertz CT molecular complexity index is 1310. The lowest BCUT2D eigenvalue weighted by atomic mass is 9.83. The van der Waals surface area contributed by atoms with Gasteiger partial charge in [-0.15, -0.1) is 5.10 Å². The van der Waals surface area contributed by atoms with E-state index in [-0.39, 0.29) is 5.88 Å². The van der Waals surface area contributed by atoms with Gasteiger partial charge in [-0.25, -0.2) is 0 Å². The van der Waals surface area contributed by atoms with Crippen molar-refractivity contribution in [3.63, 3.8) is 0 Å². The molecule has 3 heterocycles. The zero-order chi connectivity index (χ0) is 21.9. The number of nitrogens with two attached hydrogens (primary N) is 1. The summed E-state index contributed by atoms with van der Waals surface area (Å²) in [6.07, 6.45) is 3.38. The molecular formula is C25H19N5O2. The van der Waals surface area contributed by atoms with Crippen LogP contribution in [0.1, 0.15) is 22.6 Å².